The van der Waals surface area contributed by atoms with Gasteiger partial charge in [-0.05, 0) is 79.5 Å². The molecule has 0 aliphatic rings. The number of esters is 1. The van der Waals surface area contributed by atoms with Crippen molar-refractivity contribution >= 4 is 11.9 Å². The molecule has 0 bridgehead atoms. The van der Waals surface area contributed by atoms with E-state index < -0.39 is 18.1 Å². The number of methoxy groups -OCH3 is 1. The van der Waals surface area contributed by atoms with Crippen molar-refractivity contribution in [2.24, 2.45) is 5.92 Å². The van der Waals surface area contributed by atoms with E-state index in [9.17, 15) is 14.4 Å². The fraction of sp³-hybridized carbons (Fsp3) is 0.400. The van der Waals surface area contributed by atoms with E-state index in [1.165, 1.54) is 11.7 Å². The molecule has 0 saturated carbocycles. The van der Waals surface area contributed by atoms with Crippen LogP contribution in [0.15, 0.2) is 53.7 Å². The second kappa shape index (κ2) is 12.0. The highest BCUT2D eigenvalue weighted by Crippen LogP contribution is 2.30. The number of aryl methyl sites for hydroxylation is 4. The molecule has 37 heavy (non-hydrogen) atoms. The summed E-state index contributed by atoms with van der Waals surface area (Å²) in [5, 5.41) is 3.03. The van der Waals surface area contributed by atoms with Gasteiger partial charge in [-0.15, -0.1) is 0 Å². The molecule has 2 aromatic heterocycles. The lowest BCUT2D eigenvalue weighted by Crippen LogP contribution is -2.40. The van der Waals surface area contributed by atoms with E-state index in [0.717, 1.165) is 33.4 Å². The molecule has 7 nitrogen and oxygen atoms in total. The normalized spacial score (nSPS) is 12.8. The first-order valence-corrected chi connectivity index (χ1v) is 12.6. The Morgan fingerprint density at radius 3 is 2.30 bits per heavy atom. The van der Waals surface area contributed by atoms with E-state index in [2.05, 4.69) is 10.3 Å². The summed E-state index contributed by atoms with van der Waals surface area (Å²) in [5.74, 6) is -0.616. The number of ether oxygens (including phenoxy) is 1. The Balaban J connectivity index is 2.02. The van der Waals surface area contributed by atoms with Crippen molar-refractivity contribution in [3.63, 3.8) is 0 Å². The molecular weight excluding hydrogens is 466 g/mol. The summed E-state index contributed by atoms with van der Waals surface area (Å²) in [5.41, 5.74) is 6.46. The molecule has 0 aliphatic carbocycles. The molecule has 7 heteroatoms. The van der Waals surface area contributed by atoms with Gasteiger partial charge in [0.2, 0.25) is 5.91 Å². The van der Waals surface area contributed by atoms with Crippen LogP contribution in [0.4, 0.5) is 0 Å². The zero-order valence-electron chi connectivity index (χ0n) is 22.8. The second-order valence-corrected chi connectivity index (χ2v) is 10.1. The summed E-state index contributed by atoms with van der Waals surface area (Å²) in [4.78, 5) is 43.3. The van der Waals surface area contributed by atoms with Gasteiger partial charge in [-0.1, -0.05) is 32.0 Å². The molecule has 196 valence electrons. The van der Waals surface area contributed by atoms with Crippen LogP contribution in [0.2, 0.25) is 0 Å². The predicted octanol–water partition coefficient (Wildman–Crippen LogP) is 5.15. The Morgan fingerprint density at radius 1 is 1.00 bits per heavy atom. The number of nitrogens with zero attached hydrogens (tertiary/aromatic N) is 2. The van der Waals surface area contributed by atoms with E-state index >= 15 is 0 Å². The number of nitrogens with one attached hydrogen (secondary N) is 1. The lowest BCUT2D eigenvalue weighted by Gasteiger charge is -2.26. The first kappa shape index (κ1) is 27.8. The first-order chi connectivity index (χ1) is 17.5. The molecular formula is C30H37N3O4. The van der Waals surface area contributed by atoms with Crippen molar-refractivity contribution in [3.8, 4) is 11.1 Å². The van der Waals surface area contributed by atoms with Crippen molar-refractivity contribution in [2.75, 3.05) is 7.11 Å². The molecule has 0 fully saturated rings. The van der Waals surface area contributed by atoms with E-state index in [0.29, 0.717) is 12.0 Å². The standard InChI is InChI=1S/C30H37N3O4/c1-18(2)11-26(33-17-22(6)21(5)12-27(33)34)30(36)32-25(14-28(35)37-7)23-13-24(16-31-15-23)29-19(3)9-8-10-20(29)4/h8-10,12-13,15-18,25-26H,11,14H2,1-7H3,(H,32,36)/t25-,26?/m0/s1. The number of amides is 1. The van der Waals surface area contributed by atoms with E-state index in [1.807, 2.05) is 65.8 Å². The fourth-order valence-electron chi connectivity index (χ4n) is 4.61. The first-order valence-electron chi connectivity index (χ1n) is 12.6. The number of hydrogen-bond acceptors (Lipinski definition) is 5. The summed E-state index contributed by atoms with van der Waals surface area (Å²) in [6, 6.07) is 8.21. The Hall–Kier alpha value is -3.74. The summed E-state index contributed by atoms with van der Waals surface area (Å²) in [6.07, 6.45) is 5.59. The minimum atomic E-state index is -0.721. The molecule has 1 amide bonds. The summed E-state index contributed by atoms with van der Waals surface area (Å²) in [7, 11) is 1.32. The molecule has 2 heterocycles. The Bertz CT molecular complexity index is 1320. The van der Waals surface area contributed by atoms with Gasteiger partial charge in [0.05, 0.1) is 19.6 Å². The van der Waals surface area contributed by atoms with Crippen molar-refractivity contribution in [3.05, 3.63) is 87.1 Å². The molecule has 0 spiro atoms. The molecule has 0 radical (unpaired) electrons. The largest absolute Gasteiger partial charge is 0.469 e. The lowest BCUT2D eigenvalue weighted by molar-refractivity contribution is -0.141. The van der Waals surface area contributed by atoms with Gasteiger partial charge in [0.1, 0.15) is 6.04 Å². The smallest absolute Gasteiger partial charge is 0.307 e. The number of hydrogen-bond donors (Lipinski definition) is 1. The van der Waals surface area contributed by atoms with Gasteiger partial charge in [0.25, 0.3) is 5.56 Å². The van der Waals surface area contributed by atoms with Crippen LogP contribution in [0.5, 0.6) is 0 Å². The monoisotopic (exact) mass is 503 g/mol. The summed E-state index contributed by atoms with van der Waals surface area (Å²) in [6.45, 7) is 11.9. The number of carbonyl (C=O) groups excluding carboxylic acids is 2. The molecule has 0 saturated heterocycles. The van der Waals surface area contributed by atoms with Gasteiger partial charge in [-0.3, -0.25) is 19.4 Å². The SMILES string of the molecule is COC(=O)C[C@H](NC(=O)C(CC(C)C)n1cc(C)c(C)cc1=O)c1cncc(-c2c(C)cccc2C)c1. The van der Waals surface area contributed by atoms with Crippen molar-refractivity contribution in [2.45, 2.75) is 66.5 Å². The van der Waals surface area contributed by atoms with E-state index in [1.54, 1.807) is 24.7 Å². The third kappa shape index (κ3) is 6.73. The van der Waals surface area contributed by atoms with Crippen molar-refractivity contribution < 1.29 is 14.3 Å². The van der Waals surface area contributed by atoms with Crippen LogP contribution in [0, 0.1) is 33.6 Å². The molecule has 3 aromatic rings. The molecule has 2 atom stereocenters. The van der Waals surface area contributed by atoms with E-state index in [-0.39, 0.29) is 23.8 Å². The van der Waals surface area contributed by atoms with Gasteiger partial charge in [-0.2, -0.15) is 0 Å². The minimum Gasteiger partial charge on any atom is -0.469 e. The van der Waals surface area contributed by atoms with Crippen LogP contribution in [-0.4, -0.2) is 28.5 Å². The fourth-order valence-corrected chi connectivity index (χ4v) is 4.61. The van der Waals surface area contributed by atoms with Crippen LogP contribution in [0.1, 0.15) is 66.6 Å². The number of aromatic nitrogens is 2. The van der Waals surface area contributed by atoms with Crippen molar-refractivity contribution in [1.29, 1.82) is 0 Å². The van der Waals surface area contributed by atoms with Crippen LogP contribution in [0.25, 0.3) is 11.1 Å². The molecule has 3 rings (SSSR count). The number of rotatable bonds is 9. The number of pyridine rings is 2. The highest BCUT2D eigenvalue weighted by atomic mass is 16.5. The third-order valence-electron chi connectivity index (χ3n) is 6.73. The topological polar surface area (TPSA) is 90.3 Å². The zero-order valence-corrected chi connectivity index (χ0v) is 22.8. The Kier molecular flexibility index (Phi) is 9.03. The van der Waals surface area contributed by atoms with Gasteiger partial charge in [-0.25, -0.2) is 0 Å². The second-order valence-electron chi connectivity index (χ2n) is 10.1. The zero-order chi connectivity index (χ0) is 27.3. The third-order valence-corrected chi connectivity index (χ3v) is 6.73. The highest BCUT2D eigenvalue weighted by molar-refractivity contribution is 5.82. The molecule has 1 aromatic carbocycles. The Labute approximate surface area is 218 Å². The molecule has 1 N–H and O–H groups in total. The molecule has 0 aliphatic heterocycles. The summed E-state index contributed by atoms with van der Waals surface area (Å²) < 4.78 is 6.43. The van der Waals surface area contributed by atoms with Gasteiger partial charge in [0, 0.05) is 30.2 Å². The van der Waals surface area contributed by atoms with Crippen LogP contribution < -0.4 is 10.9 Å². The lowest BCUT2D eigenvalue weighted by atomic mass is 9.94. The highest BCUT2D eigenvalue weighted by Gasteiger charge is 2.27. The number of carbonyl (C=O) groups is 2. The van der Waals surface area contributed by atoms with Crippen LogP contribution >= 0.6 is 0 Å². The van der Waals surface area contributed by atoms with Gasteiger partial charge >= 0.3 is 5.97 Å². The van der Waals surface area contributed by atoms with E-state index in [4.69, 9.17) is 4.74 Å². The number of benzene rings is 1. The van der Waals surface area contributed by atoms with Crippen LogP contribution in [0.3, 0.4) is 0 Å². The quantitative estimate of drug-likeness (QED) is 0.408. The van der Waals surface area contributed by atoms with Gasteiger partial charge in [0.15, 0.2) is 0 Å². The van der Waals surface area contributed by atoms with Gasteiger partial charge < -0.3 is 14.6 Å². The van der Waals surface area contributed by atoms with Crippen molar-refractivity contribution in [1.82, 2.24) is 14.9 Å². The predicted molar refractivity (Wildman–Crippen MR) is 145 cm³/mol. The molecule has 1 unspecified atom stereocenters. The Morgan fingerprint density at radius 2 is 1.68 bits per heavy atom. The average molecular weight is 504 g/mol. The maximum atomic E-state index is 13.7. The maximum absolute atomic E-state index is 13.7. The van der Waals surface area contributed by atoms with Crippen LogP contribution in [-0.2, 0) is 14.3 Å². The average Bonchev–Trinajstić information content (AvgIpc) is 2.84. The summed E-state index contributed by atoms with van der Waals surface area (Å²) >= 11 is 0. The maximum Gasteiger partial charge on any atom is 0.307 e. The minimum absolute atomic E-state index is 0.0592.